The zero-order valence-electron chi connectivity index (χ0n) is 15.6. The molecule has 3 amide bonds. The first kappa shape index (κ1) is 19.1. The molecule has 1 unspecified atom stereocenters. The van der Waals surface area contributed by atoms with Crippen molar-refractivity contribution >= 4 is 11.9 Å². The maximum Gasteiger partial charge on any atom is 0.318 e. The molecule has 0 radical (unpaired) electrons. The van der Waals surface area contributed by atoms with Gasteiger partial charge in [-0.2, -0.15) is 0 Å². The van der Waals surface area contributed by atoms with Gasteiger partial charge in [0.25, 0.3) is 0 Å². The lowest BCUT2D eigenvalue weighted by Crippen LogP contribution is -2.51. The minimum atomic E-state index is -0.820. The largest absolute Gasteiger partial charge is 0.351 e. The highest BCUT2D eigenvalue weighted by Crippen LogP contribution is 2.23. The molecule has 1 aliphatic heterocycles. The first-order chi connectivity index (χ1) is 13.0. The Labute approximate surface area is 159 Å². The first-order valence-corrected chi connectivity index (χ1v) is 9.20. The van der Waals surface area contributed by atoms with Gasteiger partial charge in [0, 0.05) is 32.7 Å². The van der Waals surface area contributed by atoms with Crippen molar-refractivity contribution in [3.63, 3.8) is 0 Å². The number of carbonyl (C=O) groups is 2. The molecule has 142 valence electrons. The highest BCUT2D eigenvalue weighted by Gasteiger charge is 2.31. The number of nitrogens with zero attached hydrogens (tertiary/aromatic N) is 2. The molecule has 0 bridgehead atoms. The van der Waals surface area contributed by atoms with E-state index in [2.05, 4.69) is 46.3 Å². The lowest BCUT2D eigenvalue weighted by Gasteiger charge is -2.38. The van der Waals surface area contributed by atoms with Gasteiger partial charge in [-0.3, -0.25) is 19.9 Å². The smallest absolute Gasteiger partial charge is 0.318 e. The molecular weight excluding hydrogens is 340 g/mol. The Bertz CT molecular complexity index is 786. The molecule has 1 heterocycles. The van der Waals surface area contributed by atoms with Crippen molar-refractivity contribution < 1.29 is 9.59 Å². The van der Waals surface area contributed by atoms with Crippen LogP contribution in [0.2, 0.25) is 0 Å². The molecule has 27 heavy (non-hydrogen) atoms. The number of nitrogens with one attached hydrogen (secondary N) is 1. The number of carbonyl (C=O) groups excluding carboxylic acids is 2. The number of imide groups is 1. The molecule has 1 fully saturated rings. The molecule has 0 aromatic heterocycles. The van der Waals surface area contributed by atoms with E-state index in [1.807, 2.05) is 30.3 Å². The summed E-state index contributed by atoms with van der Waals surface area (Å²) in [4.78, 5) is 28.3. The van der Waals surface area contributed by atoms with Crippen LogP contribution in [0.5, 0.6) is 0 Å². The van der Waals surface area contributed by atoms with Crippen LogP contribution in [0.1, 0.15) is 22.7 Å². The molecule has 1 atom stereocenters. The Morgan fingerprint density at radius 2 is 1.74 bits per heavy atom. The third kappa shape index (κ3) is 5.15. The molecule has 1 aliphatic rings. The molecule has 2 aromatic carbocycles. The van der Waals surface area contributed by atoms with Gasteiger partial charge in [0.15, 0.2) is 0 Å². The molecule has 6 heteroatoms. The minimum Gasteiger partial charge on any atom is -0.351 e. The molecule has 0 spiro atoms. The number of piperazine rings is 1. The van der Waals surface area contributed by atoms with E-state index < -0.39 is 12.1 Å². The zero-order chi connectivity index (χ0) is 19.2. The fourth-order valence-corrected chi connectivity index (χ4v) is 3.60. The van der Waals surface area contributed by atoms with Gasteiger partial charge < -0.3 is 5.73 Å². The summed E-state index contributed by atoms with van der Waals surface area (Å²) >= 11 is 0. The summed E-state index contributed by atoms with van der Waals surface area (Å²) in [5.41, 5.74) is 8.59. The van der Waals surface area contributed by atoms with E-state index in [1.165, 1.54) is 11.1 Å². The summed E-state index contributed by atoms with van der Waals surface area (Å²) in [6.45, 7) is 6.22. The summed E-state index contributed by atoms with van der Waals surface area (Å²) < 4.78 is 0. The fourth-order valence-electron chi connectivity index (χ4n) is 3.60. The number of amides is 3. The van der Waals surface area contributed by atoms with Crippen LogP contribution in [-0.4, -0.2) is 47.9 Å². The second-order valence-corrected chi connectivity index (χ2v) is 6.97. The maximum absolute atomic E-state index is 12.6. The minimum absolute atomic E-state index is 0.374. The monoisotopic (exact) mass is 366 g/mol. The van der Waals surface area contributed by atoms with E-state index in [0.29, 0.717) is 0 Å². The quantitative estimate of drug-likeness (QED) is 0.849. The fraction of sp³-hybridized carbons (Fsp3) is 0.333. The van der Waals surface area contributed by atoms with E-state index in [1.54, 1.807) is 0 Å². The molecule has 1 saturated heterocycles. The average molecular weight is 366 g/mol. The van der Waals surface area contributed by atoms with Crippen LogP contribution in [-0.2, 0) is 11.3 Å². The molecule has 6 nitrogen and oxygen atoms in total. The topological polar surface area (TPSA) is 78.7 Å². The van der Waals surface area contributed by atoms with Gasteiger partial charge in [0.2, 0.25) is 5.91 Å². The van der Waals surface area contributed by atoms with Crippen molar-refractivity contribution in [1.29, 1.82) is 0 Å². The Kier molecular flexibility index (Phi) is 6.21. The Hall–Kier alpha value is -2.70. The normalized spacial score (nSPS) is 16.6. The number of hydrogen-bond acceptors (Lipinski definition) is 4. The standard InChI is InChI=1S/C21H26N4O2/c1-16-6-5-7-17(14-16)15-24-10-12-25(13-11-24)19(20(26)23-21(22)27)18-8-3-2-4-9-18/h2-9,14,19H,10-13,15H2,1H3,(H3,22,23,26,27). The lowest BCUT2D eigenvalue weighted by molar-refractivity contribution is -0.126. The van der Waals surface area contributed by atoms with Crippen molar-refractivity contribution in [3.05, 3.63) is 71.3 Å². The summed E-state index contributed by atoms with van der Waals surface area (Å²) in [5, 5.41) is 2.24. The van der Waals surface area contributed by atoms with Gasteiger partial charge >= 0.3 is 6.03 Å². The van der Waals surface area contributed by atoms with E-state index in [4.69, 9.17) is 5.73 Å². The van der Waals surface area contributed by atoms with E-state index >= 15 is 0 Å². The second-order valence-electron chi connectivity index (χ2n) is 6.97. The predicted octanol–water partition coefficient (Wildman–Crippen LogP) is 2.05. The molecule has 0 aliphatic carbocycles. The molecule has 3 N–H and O–H groups in total. The number of nitrogens with two attached hydrogens (primary N) is 1. The molecule has 3 rings (SSSR count). The number of urea groups is 1. The summed E-state index contributed by atoms with van der Waals surface area (Å²) in [6.07, 6.45) is 0. The van der Waals surface area contributed by atoms with Gasteiger partial charge in [0.05, 0.1) is 0 Å². The SMILES string of the molecule is Cc1cccc(CN2CCN(C(C(=O)NC(N)=O)c3ccccc3)CC2)c1. The Morgan fingerprint density at radius 1 is 1.04 bits per heavy atom. The highest BCUT2D eigenvalue weighted by molar-refractivity contribution is 5.96. The van der Waals surface area contributed by atoms with E-state index in [9.17, 15) is 9.59 Å². The Morgan fingerprint density at radius 3 is 2.37 bits per heavy atom. The third-order valence-corrected chi connectivity index (χ3v) is 4.87. The van der Waals surface area contributed by atoms with Crippen molar-refractivity contribution in [3.8, 4) is 0 Å². The predicted molar refractivity (Wildman–Crippen MR) is 105 cm³/mol. The van der Waals surface area contributed by atoms with Crippen LogP contribution in [0.25, 0.3) is 0 Å². The number of primary amides is 1. The van der Waals surface area contributed by atoms with Gasteiger partial charge in [-0.25, -0.2) is 4.79 Å². The van der Waals surface area contributed by atoms with Crippen molar-refractivity contribution in [2.45, 2.75) is 19.5 Å². The van der Waals surface area contributed by atoms with Crippen molar-refractivity contribution in [2.75, 3.05) is 26.2 Å². The van der Waals surface area contributed by atoms with Gasteiger partial charge in [-0.05, 0) is 18.1 Å². The highest BCUT2D eigenvalue weighted by atomic mass is 16.2. The number of hydrogen-bond donors (Lipinski definition) is 2. The number of benzene rings is 2. The first-order valence-electron chi connectivity index (χ1n) is 9.20. The van der Waals surface area contributed by atoms with Crippen LogP contribution < -0.4 is 11.1 Å². The third-order valence-electron chi connectivity index (χ3n) is 4.87. The van der Waals surface area contributed by atoms with Crippen LogP contribution in [0.4, 0.5) is 4.79 Å². The van der Waals surface area contributed by atoms with E-state index in [-0.39, 0.29) is 5.91 Å². The Balaban J connectivity index is 1.67. The summed E-state index contributed by atoms with van der Waals surface area (Å²) in [7, 11) is 0. The molecule has 2 aromatic rings. The lowest BCUT2D eigenvalue weighted by atomic mass is 10.0. The number of aryl methyl sites for hydroxylation is 1. The zero-order valence-corrected chi connectivity index (χ0v) is 15.6. The number of rotatable bonds is 5. The van der Waals surface area contributed by atoms with E-state index in [0.717, 1.165) is 38.3 Å². The van der Waals surface area contributed by atoms with Crippen LogP contribution in [0.3, 0.4) is 0 Å². The molecular formula is C21H26N4O2. The van der Waals surface area contributed by atoms with Gasteiger partial charge in [-0.15, -0.1) is 0 Å². The van der Waals surface area contributed by atoms with Crippen molar-refractivity contribution in [1.82, 2.24) is 15.1 Å². The van der Waals surface area contributed by atoms with Gasteiger partial charge in [-0.1, -0.05) is 60.2 Å². The average Bonchev–Trinajstić information content (AvgIpc) is 2.64. The molecule has 0 saturated carbocycles. The van der Waals surface area contributed by atoms with Gasteiger partial charge in [0.1, 0.15) is 6.04 Å². The summed E-state index contributed by atoms with van der Waals surface area (Å²) in [5.74, 6) is -0.374. The van der Waals surface area contributed by atoms with Crippen LogP contribution >= 0.6 is 0 Å². The van der Waals surface area contributed by atoms with Crippen molar-refractivity contribution in [2.24, 2.45) is 5.73 Å². The maximum atomic E-state index is 12.6. The summed E-state index contributed by atoms with van der Waals surface area (Å²) in [6, 6.07) is 16.7. The second kappa shape index (κ2) is 8.79. The van der Waals surface area contributed by atoms with Crippen LogP contribution in [0.15, 0.2) is 54.6 Å². The van der Waals surface area contributed by atoms with Crippen LogP contribution in [0, 0.1) is 6.92 Å².